The van der Waals surface area contributed by atoms with Gasteiger partial charge in [0.2, 0.25) is 0 Å². The van der Waals surface area contributed by atoms with Gasteiger partial charge in [-0.2, -0.15) is 0 Å². The summed E-state index contributed by atoms with van der Waals surface area (Å²) < 4.78 is 1.78. The molecule has 0 aliphatic rings. The van der Waals surface area contributed by atoms with Gasteiger partial charge in [0, 0.05) is 26.3 Å². The molecule has 0 fully saturated rings. The van der Waals surface area contributed by atoms with Crippen LogP contribution in [-0.4, -0.2) is 26.4 Å². The Morgan fingerprint density at radius 3 is 2.53 bits per heavy atom. The van der Waals surface area contributed by atoms with Crippen molar-refractivity contribution in [2.75, 3.05) is 6.61 Å². The van der Waals surface area contributed by atoms with Crippen molar-refractivity contribution in [2.45, 2.75) is 12.0 Å². The third kappa shape index (κ3) is 2.23. The van der Waals surface area contributed by atoms with Gasteiger partial charge in [-0.3, -0.25) is 0 Å². The molecule has 2 N–H and O–H groups in total. The van der Waals surface area contributed by atoms with E-state index in [-0.39, 0.29) is 13.0 Å². The largest absolute Gasteiger partial charge is 0.396 e. The zero-order valence-electron chi connectivity index (χ0n) is 9.74. The SMILES string of the molecule is Cn1cnc(C(O)(CCO)c2ccccc2)c1. The minimum Gasteiger partial charge on any atom is -0.396 e. The molecule has 17 heavy (non-hydrogen) atoms. The van der Waals surface area contributed by atoms with Crippen molar-refractivity contribution in [1.82, 2.24) is 9.55 Å². The van der Waals surface area contributed by atoms with Crippen LogP contribution in [0.5, 0.6) is 0 Å². The highest BCUT2D eigenvalue weighted by atomic mass is 16.3. The Hall–Kier alpha value is -1.65. The lowest BCUT2D eigenvalue weighted by atomic mass is 9.88. The highest BCUT2D eigenvalue weighted by molar-refractivity contribution is 5.31. The predicted molar refractivity (Wildman–Crippen MR) is 64.4 cm³/mol. The molecule has 0 radical (unpaired) electrons. The average molecular weight is 232 g/mol. The van der Waals surface area contributed by atoms with Crippen LogP contribution in [0.4, 0.5) is 0 Å². The van der Waals surface area contributed by atoms with Crippen molar-refractivity contribution < 1.29 is 10.2 Å². The molecule has 1 aromatic heterocycles. The molecule has 0 amide bonds. The van der Waals surface area contributed by atoms with Gasteiger partial charge in [-0.05, 0) is 5.56 Å². The molecule has 90 valence electrons. The van der Waals surface area contributed by atoms with Crippen LogP contribution >= 0.6 is 0 Å². The molecule has 1 atom stereocenters. The van der Waals surface area contributed by atoms with E-state index in [0.717, 1.165) is 5.56 Å². The number of aromatic nitrogens is 2. The van der Waals surface area contributed by atoms with E-state index in [1.165, 1.54) is 0 Å². The maximum absolute atomic E-state index is 10.7. The van der Waals surface area contributed by atoms with E-state index in [1.54, 1.807) is 17.1 Å². The summed E-state index contributed by atoms with van der Waals surface area (Å²) in [7, 11) is 1.85. The smallest absolute Gasteiger partial charge is 0.135 e. The minimum atomic E-state index is -1.22. The second-order valence-corrected chi connectivity index (χ2v) is 4.12. The minimum absolute atomic E-state index is 0.0953. The van der Waals surface area contributed by atoms with Crippen molar-refractivity contribution in [3.8, 4) is 0 Å². The van der Waals surface area contributed by atoms with Gasteiger partial charge >= 0.3 is 0 Å². The highest BCUT2D eigenvalue weighted by Crippen LogP contribution is 2.31. The first kappa shape index (κ1) is 11.8. The fourth-order valence-electron chi connectivity index (χ4n) is 1.92. The molecule has 0 bridgehead atoms. The Morgan fingerprint density at radius 2 is 2.00 bits per heavy atom. The van der Waals surface area contributed by atoms with Gasteiger partial charge < -0.3 is 14.8 Å². The van der Waals surface area contributed by atoms with E-state index < -0.39 is 5.60 Å². The van der Waals surface area contributed by atoms with Crippen LogP contribution in [0, 0.1) is 0 Å². The van der Waals surface area contributed by atoms with Gasteiger partial charge in [0.15, 0.2) is 0 Å². The molecule has 0 spiro atoms. The van der Waals surface area contributed by atoms with Crippen LogP contribution in [0.15, 0.2) is 42.9 Å². The topological polar surface area (TPSA) is 58.3 Å². The van der Waals surface area contributed by atoms with E-state index in [1.807, 2.05) is 37.4 Å². The first-order valence-corrected chi connectivity index (χ1v) is 5.54. The summed E-state index contributed by atoms with van der Waals surface area (Å²) in [5.74, 6) is 0. The predicted octanol–water partition coefficient (Wildman–Crippen LogP) is 1.04. The van der Waals surface area contributed by atoms with Gasteiger partial charge in [-0.1, -0.05) is 30.3 Å². The summed E-state index contributed by atoms with van der Waals surface area (Å²) in [4.78, 5) is 4.18. The standard InChI is InChI=1S/C13H16N2O2/c1-15-9-12(14-10-15)13(17,7-8-16)11-5-3-2-4-6-11/h2-6,9-10,16-17H,7-8H2,1H3. The number of benzene rings is 1. The van der Waals surface area contributed by atoms with Crippen LogP contribution in [0.3, 0.4) is 0 Å². The fourth-order valence-corrected chi connectivity index (χ4v) is 1.92. The van der Waals surface area contributed by atoms with E-state index in [2.05, 4.69) is 4.98 Å². The Morgan fingerprint density at radius 1 is 1.29 bits per heavy atom. The van der Waals surface area contributed by atoms with E-state index in [9.17, 15) is 5.11 Å². The molecule has 1 aromatic carbocycles. The van der Waals surface area contributed by atoms with Gasteiger partial charge in [0.1, 0.15) is 5.60 Å². The van der Waals surface area contributed by atoms with Crippen LogP contribution in [-0.2, 0) is 12.6 Å². The Balaban J connectivity index is 2.46. The lowest BCUT2D eigenvalue weighted by Crippen LogP contribution is -2.29. The van der Waals surface area contributed by atoms with Gasteiger partial charge in [-0.15, -0.1) is 0 Å². The number of nitrogens with zero attached hydrogens (tertiary/aromatic N) is 2. The molecule has 0 aliphatic heterocycles. The summed E-state index contributed by atoms with van der Waals surface area (Å²) in [5.41, 5.74) is 0.0741. The maximum atomic E-state index is 10.7. The lowest BCUT2D eigenvalue weighted by Gasteiger charge is -2.26. The third-order valence-electron chi connectivity index (χ3n) is 2.85. The fraction of sp³-hybridized carbons (Fsp3) is 0.308. The second kappa shape index (κ2) is 4.69. The molecule has 1 unspecified atom stereocenters. The molecule has 1 heterocycles. The van der Waals surface area contributed by atoms with E-state index >= 15 is 0 Å². The number of rotatable bonds is 4. The maximum Gasteiger partial charge on any atom is 0.135 e. The number of hydrogen-bond acceptors (Lipinski definition) is 3. The van der Waals surface area contributed by atoms with E-state index in [0.29, 0.717) is 5.69 Å². The van der Waals surface area contributed by atoms with Crippen LogP contribution < -0.4 is 0 Å². The lowest BCUT2D eigenvalue weighted by molar-refractivity contribution is 0.0472. The number of hydrogen-bond donors (Lipinski definition) is 2. The summed E-state index contributed by atoms with van der Waals surface area (Å²) in [6.07, 6.45) is 3.64. The number of imidazole rings is 1. The summed E-state index contributed by atoms with van der Waals surface area (Å²) in [5, 5.41) is 19.9. The summed E-state index contributed by atoms with van der Waals surface area (Å²) >= 11 is 0. The quantitative estimate of drug-likeness (QED) is 0.828. The third-order valence-corrected chi connectivity index (χ3v) is 2.85. The monoisotopic (exact) mass is 232 g/mol. The normalized spacial score (nSPS) is 14.5. The Bertz CT molecular complexity index is 481. The van der Waals surface area contributed by atoms with Crippen molar-refractivity contribution in [3.63, 3.8) is 0 Å². The molecule has 4 heteroatoms. The van der Waals surface area contributed by atoms with Crippen LogP contribution in [0.2, 0.25) is 0 Å². The van der Waals surface area contributed by atoms with Gasteiger partial charge in [0.05, 0.1) is 12.0 Å². The molecule has 0 saturated carbocycles. The first-order chi connectivity index (χ1) is 8.16. The van der Waals surface area contributed by atoms with Crippen molar-refractivity contribution in [2.24, 2.45) is 7.05 Å². The molecule has 0 aliphatic carbocycles. The molecule has 0 saturated heterocycles. The van der Waals surface area contributed by atoms with Gasteiger partial charge in [0.25, 0.3) is 0 Å². The molecule has 2 rings (SSSR count). The average Bonchev–Trinajstić information content (AvgIpc) is 2.78. The first-order valence-electron chi connectivity index (χ1n) is 5.54. The zero-order chi connectivity index (χ0) is 12.3. The second-order valence-electron chi connectivity index (χ2n) is 4.12. The van der Waals surface area contributed by atoms with Crippen LogP contribution in [0.1, 0.15) is 17.7 Å². The Labute approximate surface area is 100 Å². The number of aryl methyl sites for hydroxylation is 1. The molecule has 2 aromatic rings. The van der Waals surface area contributed by atoms with E-state index in [4.69, 9.17) is 5.11 Å². The summed E-state index contributed by atoms with van der Waals surface area (Å²) in [6, 6.07) is 9.29. The zero-order valence-corrected chi connectivity index (χ0v) is 9.74. The molecular formula is C13H16N2O2. The van der Waals surface area contributed by atoms with Crippen LogP contribution in [0.25, 0.3) is 0 Å². The van der Waals surface area contributed by atoms with Crippen molar-refractivity contribution in [1.29, 1.82) is 0 Å². The molecule has 4 nitrogen and oxygen atoms in total. The molecular weight excluding hydrogens is 216 g/mol. The van der Waals surface area contributed by atoms with Gasteiger partial charge in [-0.25, -0.2) is 4.98 Å². The van der Waals surface area contributed by atoms with Crippen molar-refractivity contribution in [3.05, 3.63) is 54.1 Å². The highest BCUT2D eigenvalue weighted by Gasteiger charge is 2.33. The number of aliphatic hydroxyl groups excluding tert-OH is 1. The van der Waals surface area contributed by atoms with Crippen molar-refractivity contribution >= 4 is 0 Å². The summed E-state index contributed by atoms with van der Waals surface area (Å²) in [6.45, 7) is -0.0953. The Kier molecular flexibility index (Phi) is 3.26. The number of aliphatic hydroxyl groups is 2.